The van der Waals surface area contributed by atoms with Crippen molar-refractivity contribution in [1.82, 2.24) is 0 Å². The first-order valence-electron chi connectivity index (χ1n) is 6.58. The lowest BCUT2D eigenvalue weighted by Gasteiger charge is -2.14. The fraction of sp³-hybridized carbons (Fsp3) is 0.571. The Morgan fingerprint density at radius 2 is 2.00 bits per heavy atom. The number of benzene rings is 1. The van der Waals surface area contributed by atoms with Crippen LogP contribution in [-0.2, 0) is 10.0 Å². The number of anilines is 1. The van der Waals surface area contributed by atoms with E-state index in [0.29, 0.717) is 12.1 Å². The number of hydrogen-bond acceptors (Lipinski definition) is 3. The number of ether oxygens (including phenoxy) is 1. The molecule has 1 N–H and O–H groups in total. The van der Waals surface area contributed by atoms with Gasteiger partial charge in [0, 0.05) is 5.69 Å². The second-order valence-corrected chi connectivity index (χ2v) is 6.73. The van der Waals surface area contributed by atoms with Gasteiger partial charge in [0.05, 0.1) is 12.9 Å². The summed E-state index contributed by atoms with van der Waals surface area (Å²) < 4.78 is 31.6. The Balaban J connectivity index is 2.94. The van der Waals surface area contributed by atoms with Crippen LogP contribution in [0.5, 0.6) is 5.75 Å². The molecule has 0 aliphatic heterocycles. The van der Waals surface area contributed by atoms with E-state index in [2.05, 4.69) is 4.72 Å². The van der Waals surface area contributed by atoms with E-state index in [0.717, 1.165) is 17.7 Å². The highest BCUT2D eigenvalue weighted by atomic mass is 32.2. The molecule has 1 rings (SSSR count). The third kappa shape index (κ3) is 4.74. The van der Waals surface area contributed by atoms with Crippen molar-refractivity contribution in [1.29, 1.82) is 0 Å². The largest absolute Gasteiger partial charge is 0.496 e. The first-order chi connectivity index (χ1) is 8.89. The lowest BCUT2D eigenvalue weighted by Crippen LogP contribution is -2.16. The van der Waals surface area contributed by atoms with Crippen LogP contribution >= 0.6 is 0 Å². The zero-order chi connectivity index (χ0) is 14.5. The molecule has 0 atom stereocenters. The van der Waals surface area contributed by atoms with Crippen LogP contribution in [0.1, 0.15) is 45.1 Å². The maximum Gasteiger partial charge on any atom is 0.232 e. The monoisotopic (exact) mass is 285 g/mol. The third-order valence-corrected chi connectivity index (χ3v) is 4.26. The van der Waals surface area contributed by atoms with Crippen LogP contribution in [0, 0.1) is 0 Å². The van der Waals surface area contributed by atoms with E-state index in [4.69, 9.17) is 4.74 Å². The number of rotatable bonds is 7. The van der Waals surface area contributed by atoms with Gasteiger partial charge in [0.15, 0.2) is 0 Å². The van der Waals surface area contributed by atoms with Crippen molar-refractivity contribution in [2.75, 3.05) is 17.6 Å². The van der Waals surface area contributed by atoms with Crippen LogP contribution in [0.3, 0.4) is 0 Å². The Hall–Kier alpha value is -1.23. The van der Waals surface area contributed by atoms with Crippen molar-refractivity contribution in [3.63, 3.8) is 0 Å². The summed E-state index contributed by atoms with van der Waals surface area (Å²) in [7, 11) is -1.63. The van der Waals surface area contributed by atoms with Gasteiger partial charge in [-0.25, -0.2) is 8.42 Å². The van der Waals surface area contributed by atoms with Crippen LogP contribution in [0.15, 0.2) is 18.2 Å². The minimum atomic E-state index is -3.25. The highest BCUT2D eigenvalue weighted by Crippen LogP contribution is 2.29. The number of unbranched alkanes of at least 4 members (excludes halogenated alkanes) is 1. The van der Waals surface area contributed by atoms with Gasteiger partial charge in [-0.1, -0.05) is 27.2 Å². The lowest BCUT2D eigenvalue weighted by atomic mass is 10.0. The number of nitrogens with one attached hydrogen (secondary N) is 1. The van der Waals surface area contributed by atoms with Crippen molar-refractivity contribution in [2.24, 2.45) is 0 Å². The van der Waals surface area contributed by atoms with Gasteiger partial charge in [-0.15, -0.1) is 0 Å². The standard InChI is InChI=1S/C14H23NO3S/c1-5-6-9-19(16,17)15-12-7-8-14(18-4)13(10-12)11(2)3/h7-8,10-11,15H,5-6,9H2,1-4H3. The summed E-state index contributed by atoms with van der Waals surface area (Å²) in [6, 6.07) is 5.37. The first kappa shape index (κ1) is 15.8. The van der Waals surface area contributed by atoms with Gasteiger partial charge in [0.2, 0.25) is 10.0 Å². The Morgan fingerprint density at radius 1 is 1.32 bits per heavy atom. The molecule has 0 fully saturated rings. The number of sulfonamides is 1. The predicted octanol–water partition coefficient (Wildman–Crippen LogP) is 3.36. The molecule has 0 radical (unpaired) electrons. The van der Waals surface area contributed by atoms with Gasteiger partial charge in [0.25, 0.3) is 0 Å². The molecule has 108 valence electrons. The first-order valence-corrected chi connectivity index (χ1v) is 8.23. The van der Waals surface area contributed by atoms with Gasteiger partial charge < -0.3 is 4.74 Å². The maximum atomic E-state index is 11.9. The Kier molecular flexibility index (Phi) is 5.66. The van der Waals surface area contributed by atoms with Gasteiger partial charge in [0.1, 0.15) is 5.75 Å². The van der Waals surface area contributed by atoms with Crippen molar-refractivity contribution in [3.05, 3.63) is 23.8 Å². The molecule has 0 bridgehead atoms. The highest BCUT2D eigenvalue weighted by molar-refractivity contribution is 7.92. The van der Waals surface area contributed by atoms with Crippen LogP contribution in [0.4, 0.5) is 5.69 Å². The molecule has 0 spiro atoms. The minimum Gasteiger partial charge on any atom is -0.496 e. The molecular formula is C14H23NO3S. The molecule has 1 aromatic rings. The second-order valence-electron chi connectivity index (χ2n) is 4.89. The van der Waals surface area contributed by atoms with Gasteiger partial charge >= 0.3 is 0 Å². The van der Waals surface area contributed by atoms with Crippen molar-refractivity contribution in [3.8, 4) is 5.75 Å². The average Bonchev–Trinajstić information content (AvgIpc) is 2.36. The molecule has 0 unspecified atom stereocenters. The molecule has 0 saturated heterocycles. The summed E-state index contributed by atoms with van der Waals surface area (Å²) in [6.07, 6.45) is 1.53. The van der Waals surface area contributed by atoms with Gasteiger partial charge in [-0.3, -0.25) is 4.72 Å². The fourth-order valence-electron chi connectivity index (χ4n) is 1.81. The summed E-state index contributed by atoms with van der Waals surface area (Å²) in [5.74, 6) is 1.22. The summed E-state index contributed by atoms with van der Waals surface area (Å²) in [6.45, 7) is 6.07. The summed E-state index contributed by atoms with van der Waals surface area (Å²) in [5.41, 5.74) is 1.60. The van der Waals surface area contributed by atoms with E-state index < -0.39 is 10.0 Å². The van der Waals surface area contributed by atoms with Gasteiger partial charge in [-0.2, -0.15) is 0 Å². The summed E-state index contributed by atoms with van der Waals surface area (Å²) in [5, 5.41) is 0. The summed E-state index contributed by atoms with van der Waals surface area (Å²) >= 11 is 0. The molecular weight excluding hydrogens is 262 g/mol. The highest BCUT2D eigenvalue weighted by Gasteiger charge is 2.13. The molecule has 0 heterocycles. The van der Waals surface area contributed by atoms with Crippen molar-refractivity contribution in [2.45, 2.75) is 39.5 Å². The molecule has 19 heavy (non-hydrogen) atoms. The lowest BCUT2D eigenvalue weighted by molar-refractivity contribution is 0.407. The fourth-order valence-corrected chi connectivity index (χ4v) is 3.07. The number of methoxy groups -OCH3 is 1. The molecule has 0 saturated carbocycles. The predicted molar refractivity (Wildman–Crippen MR) is 79.4 cm³/mol. The Morgan fingerprint density at radius 3 is 2.53 bits per heavy atom. The van der Waals surface area contributed by atoms with E-state index in [1.165, 1.54) is 0 Å². The molecule has 0 aliphatic carbocycles. The average molecular weight is 285 g/mol. The van der Waals surface area contributed by atoms with E-state index >= 15 is 0 Å². The van der Waals surface area contributed by atoms with Crippen LogP contribution in [0.25, 0.3) is 0 Å². The quantitative estimate of drug-likeness (QED) is 0.835. The normalized spacial score (nSPS) is 11.6. The smallest absolute Gasteiger partial charge is 0.232 e. The topological polar surface area (TPSA) is 55.4 Å². The molecule has 5 heteroatoms. The third-order valence-electron chi connectivity index (χ3n) is 2.89. The number of hydrogen-bond donors (Lipinski definition) is 1. The van der Waals surface area contributed by atoms with E-state index in [9.17, 15) is 8.42 Å². The van der Waals surface area contributed by atoms with E-state index in [1.54, 1.807) is 19.2 Å². The Labute approximate surface area is 116 Å². The van der Waals surface area contributed by atoms with E-state index in [-0.39, 0.29) is 11.7 Å². The van der Waals surface area contributed by atoms with Crippen molar-refractivity contribution < 1.29 is 13.2 Å². The Bertz CT molecular complexity index is 509. The van der Waals surface area contributed by atoms with Crippen LogP contribution in [0.2, 0.25) is 0 Å². The molecule has 0 aromatic heterocycles. The molecule has 0 aliphatic rings. The SMILES string of the molecule is CCCCS(=O)(=O)Nc1ccc(OC)c(C(C)C)c1. The maximum absolute atomic E-state index is 11.9. The van der Waals surface area contributed by atoms with Crippen LogP contribution in [-0.4, -0.2) is 21.3 Å². The zero-order valence-electron chi connectivity index (χ0n) is 12.1. The molecule has 0 amide bonds. The van der Waals surface area contributed by atoms with Crippen molar-refractivity contribution >= 4 is 15.7 Å². The van der Waals surface area contributed by atoms with Gasteiger partial charge in [-0.05, 0) is 36.1 Å². The van der Waals surface area contributed by atoms with Crippen LogP contribution < -0.4 is 9.46 Å². The van der Waals surface area contributed by atoms with E-state index in [1.807, 2.05) is 26.8 Å². The molecule has 4 nitrogen and oxygen atoms in total. The second kappa shape index (κ2) is 6.80. The zero-order valence-corrected chi connectivity index (χ0v) is 12.9. The molecule has 1 aromatic carbocycles. The minimum absolute atomic E-state index is 0.159. The summed E-state index contributed by atoms with van der Waals surface area (Å²) in [4.78, 5) is 0.